The number of hydrogen-bond donors (Lipinski definition) is 0. The second-order valence-electron chi connectivity index (χ2n) is 13.9. The predicted molar refractivity (Wildman–Crippen MR) is 172 cm³/mol. The molecule has 0 spiro atoms. The monoisotopic (exact) mass is 659 g/mol. The Morgan fingerprint density at radius 1 is 0.975 bits per heavy atom. The molecule has 4 atom stereocenters. The van der Waals surface area contributed by atoms with Crippen LogP contribution in [0.2, 0.25) is 36.3 Å². The van der Waals surface area contributed by atoms with Crippen molar-refractivity contribution in [3.05, 3.63) is 22.2 Å². The summed E-state index contributed by atoms with van der Waals surface area (Å²) in [5, 5.41) is 0.107. The molecule has 0 unspecified atom stereocenters. The van der Waals surface area contributed by atoms with Crippen LogP contribution in [-0.2, 0) is 13.6 Å². The first-order valence-corrected chi connectivity index (χ1v) is 21.1. The van der Waals surface area contributed by atoms with Crippen LogP contribution < -0.4 is 9.47 Å². The molecule has 230 valence electrons. The van der Waals surface area contributed by atoms with Crippen LogP contribution in [0.3, 0.4) is 0 Å². The number of carbonyl (C=O) groups is 1. The molecular weight excluding hydrogens is 606 g/mol. The van der Waals surface area contributed by atoms with Crippen molar-refractivity contribution in [1.82, 2.24) is 4.90 Å². The zero-order chi connectivity index (χ0) is 30.8. The highest BCUT2D eigenvalue weighted by Gasteiger charge is 2.49. The molecule has 0 N–H and O–H groups in total. The Morgan fingerprint density at radius 2 is 1.50 bits per heavy atom. The van der Waals surface area contributed by atoms with Crippen molar-refractivity contribution in [2.24, 2.45) is 0 Å². The van der Waals surface area contributed by atoms with Gasteiger partial charge in [-0.3, -0.25) is 0 Å². The minimum Gasteiger partial charge on any atom is -0.496 e. The zero-order valence-corrected chi connectivity index (χ0v) is 30.9. The van der Waals surface area contributed by atoms with E-state index in [0.717, 1.165) is 5.56 Å². The van der Waals surface area contributed by atoms with Crippen molar-refractivity contribution in [3.63, 3.8) is 0 Å². The van der Waals surface area contributed by atoms with Crippen molar-refractivity contribution >= 4 is 38.7 Å². The number of benzene rings is 1. The molecule has 0 bridgehead atoms. The largest absolute Gasteiger partial charge is 0.496 e. The van der Waals surface area contributed by atoms with Crippen molar-refractivity contribution in [1.29, 1.82) is 0 Å². The molecule has 0 saturated carbocycles. The number of hydrogen-bond acceptors (Lipinski definition) is 6. The van der Waals surface area contributed by atoms with Gasteiger partial charge in [0.15, 0.2) is 16.6 Å². The normalized spacial score (nSPS) is 22.7. The summed E-state index contributed by atoms with van der Waals surface area (Å²) in [6, 6.07) is 3.70. The highest BCUT2D eigenvalue weighted by Crippen LogP contribution is 2.47. The summed E-state index contributed by atoms with van der Waals surface area (Å²) in [5.74, 6) is 1.10. The molecule has 1 aliphatic rings. The maximum absolute atomic E-state index is 12.8. The number of halogens is 1. The fraction of sp³-hybridized carbons (Fsp3) is 0.767. The van der Waals surface area contributed by atoms with E-state index in [1.807, 2.05) is 26.0 Å². The molecule has 1 amide bonds. The van der Waals surface area contributed by atoms with Crippen LogP contribution in [0.5, 0.6) is 11.5 Å². The number of ether oxygens (including phenoxy) is 3. The van der Waals surface area contributed by atoms with Crippen LogP contribution in [0, 0.1) is 0 Å². The van der Waals surface area contributed by atoms with Gasteiger partial charge in [-0.05, 0) is 85.1 Å². The van der Waals surface area contributed by atoms with E-state index >= 15 is 0 Å². The van der Waals surface area contributed by atoms with Crippen molar-refractivity contribution < 1.29 is 27.9 Å². The van der Waals surface area contributed by atoms with Crippen LogP contribution >= 0.6 is 15.9 Å². The number of methoxy groups -OCH3 is 1. The van der Waals surface area contributed by atoms with Crippen LogP contribution in [0.1, 0.15) is 80.4 Å². The lowest BCUT2D eigenvalue weighted by Crippen LogP contribution is -2.57. The van der Waals surface area contributed by atoms with Gasteiger partial charge in [0, 0.05) is 25.1 Å². The number of carbonyl (C=O) groups excluding carboxylic acids is 1. The van der Waals surface area contributed by atoms with E-state index in [2.05, 4.69) is 90.6 Å². The molecule has 2 rings (SSSR count). The molecule has 1 heterocycles. The van der Waals surface area contributed by atoms with Crippen LogP contribution in [-0.4, -0.2) is 66.1 Å². The van der Waals surface area contributed by atoms with E-state index in [1.165, 1.54) is 0 Å². The van der Waals surface area contributed by atoms with Gasteiger partial charge in [0.25, 0.3) is 0 Å². The molecule has 1 fully saturated rings. The van der Waals surface area contributed by atoms with Gasteiger partial charge >= 0.3 is 6.09 Å². The first-order chi connectivity index (χ1) is 18.2. The number of nitrogens with zero attached hydrogens (tertiary/aromatic N) is 1. The number of amides is 1. The summed E-state index contributed by atoms with van der Waals surface area (Å²) in [6.45, 7) is 29.8. The van der Waals surface area contributed by atoms with Gasteiger partial charge in [-0.15, -0.1) is 0 Å². The molecule has 0 aliphatic carbocycles. The molecule has 40 heavy (non-hydrogen) atoms. The molecule has 1 aliphatic heterocycles. The summed E-state index contributed by atoms with van der Waals surface area (Å²) in [5.41, 5.74) is 0.828. The zero-order valence-electron chi connectivity index (χ0n) is 27.4. The third-order valence-electron chi connectivity index (χ3n) is 8.99. The summed E-state index contributed by atoms with van der Waals surface area (Å²) < 4.78 is 33.0. The molecule has 0 radical (unpaired) electrons. The summed E-state index contributed by atoms with van der Waals surface area (Å²) >= 11 is 3.56. The molecule has 0 aromatic heterocycles. The van der Waals surface area contributed by atoms with Crippen LogP contribution in [0.25, 0.3) is 0 Å². The third-order valence-corrected chi connectivity index (χ3v) is 18.6. The molecule has 1 aromatic carbocycles. The Balaban J connectivity index is 2.53. The Kier molecular flexibility index (Phi) is 11.6. The van der Waals surface area contributed by atoms with E-state index in [1.54, 1.807) is 12.0 Å². The average molecular weight is 661 g/mol. The maximum Gasteiger partial charge on any atom is 0.415 e. The van der Waals surface area contributed by atoms with Gasteiger partial charge in [0.05, 0.1) is 36.0 Å². The summed E-state index contributed by atoms with van der Waals surface area (Å²) in [4.78, 5) is 14.4. The number of rotatable bonds is 9. The molecule has 7 nitrogen and oxygen atoms in total. The Bertz CT molecular complexity index is 1020. The van der Waals surface area contributed by atoms with Gasteiger partial charge < -0.3 is 28.0 Å². The molecule has 10 heteroatoms. The summed E-state index contributed by atoms with van der Waals surface area (Å²) in [6.07, 6.45) is -0.652. The Morgan fingerprint density at radius 3 is 1.98 bits per heavy atom. The second-order valence-corrected chi connectivity index (χ2v) is 24.3. The SMILES string of the molecule is CCN(CC)C(=O)Oc1cc([C@H]2C[C@@H](O[Si](C)(C)C(C)(C)C)[C@H](O[Si](C)(C)C(C)(C)C)[C@@H](C)O2)c(OC)cc1Br. The minimum atomic E-state index is -2.13. The quantitative estimate of drug-likeness (QED) is 0.247. The second kappa shape index (κ2) is 13.2. The van der Waals surface area contributed by atoms with Gasteiger partial charge in [-0.25, -0.2) is 4.79 Å². The van der Waals surface area contributed by atoms with E-state index in [-0.39, 0.29) is 40.6 Å². The standard InChI is InChI=1S/C30H54BrNO6Si2/c1-15-32(16-2)28(33)36-25-17-21(23(34-10)18-22(25)31)24-19-26(37-39(11,12)29(4,5)6)27(20(3)35-24)38-40(13,14)30(7,8)9/h17-18,20,24,26-27H,15-16,19H2,1-14H3/t20-,24-,26-,27-/m1/s1. The van der Waals surface area contributed by atoms with Crippen molar-refractivity contribution in [3.8, 4) is 11.5 Å². The lowest BCUT2D eigenvalue weighted by molar-refractivity contribution is -0.154. The van der Waals surface area contributed by atoms with E-state index in [4.69, 9.17) is 23.1 Å². The smallest absolute Gasteiger partial charge is 0.415 e. The first-order valence-electron chi connectivity index (χ1n) is 14.5. The van der Waals surface area contributed by atoms with Gasteiger partial charge in [-0.2, -0.15) is 0 Å². The predicted octanol–water partition coefficient (Wildman–Crippen LogP) is 8.93. The third kappa shape index (κ3) is 8.13. The van der Waals surface area contributed by atoms with Gasteiger partial charge in [0.2, 0.25) is 0 Å². The Labute approximate surface area is 254 Å². The molecular formula is C30H54BrNO6Si2. The van der Waals surface area contributed by atoms with Gasteiger partial charge in [-0.1, -0.05) is 41.5 Å². The highest BCUT2D eigenvalue weighted by molar-refractivity contribution is 9.10. The Hall–Kier alpha value is -0.916. The van der Waals surface area contributed by atoms with Gasteiger partial charge in [0.1, 0.15) is 11.5 Å². The van der Waals surface area contributed by atoms with Crippen LogP contribution in [0.4, 0.5) is 4.79 Å². The van der Waals surface area contributed by atoms with Crippen molar-refractivity contribution in [2.75, 3.05) is 20.2 Å². The fourth-order valence-corrected chi connectivity index (χ4v) is 7.42. The topological polar surface area (TPSA) is 66.5 Å². The maximum atomic E-state index is 12.8. The summed E-state index contributed by atoms with van der Waals surface area (Å²) in [7, 11) is -2.60. The van der Waals surface area contributed by atoms with E-state index in [9.17, 15) is 4.79 Å². The van der Waals surface area contributed by atoms with E-state index < -0.39 is 16.6 Å². The van der Waals surface area contributed by atoms with Crippen LogP contribution in [0.15, 0.2) is 16.6 Å². The lowest BCUT2D eigenvalue weighted by atomic mass is 9.94. The first kappa shape index (κ1) is 35.3. The molecule has 1 saturated heterocycles. The highest BCUT2D eigenvalue weighted by atomic mass is 79.9. The van der Waals surface area contributed by atoms with Crippen molar-refractivity contribution in [2.45, 2.75) is 129 Å². The minimum absolute atomic E-state index is 0.0483. The lowest BCUT2D eigenvalue weighted by Gasteiger charge is -2.50. The van der Waals surface area contributed by atoms with E-state index in [0.29, 0.717) is 35.5 Å². The molecule has 1 aromatic rings. The average Bonchev–Trinajstić information content (AvgIpc) is 2.81. The fourth-order valence-electron chi connectivity index (χ4n) is 4.30.